The molecule has 0 unspecified atom stereocenters. The Bertz CT molecular complexity index is 1060. The van der Waals surface area contributed by atoms with Crippen molar-refractivity contribution in [1.29, 1.82) is 0 Å². The van der Waals surface area contributed by atoms with Gasteiger partial charge in [-0.05, 0) is 0 Å². The van der Waals surface area contributed by atoms with Crippen LogP contribution >= 0.6 is 0 Å². The average molecular weight is 410 g/mol. The van der Waals surface area contributed by atoms with Crippen LogP contribution in [-0.4, -0.2) is 16.8 Å². The van der Waals surface area contributed by atoms with Crippen molar-refractivity contribution < 1.29 is 31.8 Å². The fraction of sp³-hybridized carbons (Fsp3) is 0.174. The number of carbonyl (C=O) groups is 2. The van der Waals surface area contributed by atoms with Crippen molar-refractivity contribution in [3.8, 4) is 11.1 Å². The van der Waals surface area contributed by atoms with Gasteiger partial charge in [0.25, 0.3) is 0 Å². The fourth-order valence-electron chi connectivity index (χ4n) is 4.71. The van der Waals surface area contributed by atoms with Crippen LogP contribution in [0.2, 0.25) is 0 Å². The molecule has 28 heavy (non-hydrogen) atoms. The minimum absolute atomic E-state index is 0.400. The van der Waals surface area contributed by atoms with Crippen molar-refractivity contribution in [2.24, 2.45) is 0 Å². The predicted octanol–water partition coefficient (Wildman–Crippen LogP) is 4.68. The topological polar surface area (TPSA) is 52.6 Å². The van der Waals surface area contributed by atoms with E-state index < -0.39 is 31.8 Å². The number of benzene rings is 2. The van der Waals surface area contributed by atoms with Crippen molar-refractivity contribution in [2.75, 3.05) is 0 Å². The summed E-state index contributed by atoms with van der Waals surface area (Å²) in [6.07, 6.45) is 6.34. The number of carbonyl (C=O) groups excluding carboxylic acids is 2. The molecule has 0 saturated carbocycles. The third-order valence-corrected chi connectivity index (χ3v) is 13.4. The molecule has 0 radical (unpaired) electrons. The van der Waals surface area contributed by atoms with Gasteiger partial charge in [0.05, 0.1) is 0 Å². The van der Waals surface area contributed by atoms with Gasteiger partial charge >= 0.3 is 166 Å². The zero-order valence-corrected chi connectivity index (χ0v) is 17.5. The summed E-state index contributed by atoms with van der Waals surface area (Å²) in [4.78, 5) is 29.2. The van der Waals surface area contributed by atoms with E-state index in [4.69, 9.17) is 6.64 Å². The third-order valence-electron chi connectivity index (χ3n) is 5.60. The Morgan fingerprint density at radius 2 is 1.43 bits per heavy atom. The monoisotopic (exact) mass is 410 g/mol. The van der Waals surface area contributed by atoms with E-state index in [9.17, 15) is 9.59 Å². The Labute approximate surface area is 165 Å². The van der Waals surface area contributed by atoms with Crippen molar-refractivity contribution in [1.82, 2.24) is 0 Å². The van der Waals surface area contributed by atoms with Crippen LogP contribution < -0.4 is 0 Å². The molecule has 0 fully saturated rings. The zero-order chi connectivity index (χ0) is 20.0. The molecule has 0 aromatic heterocycles. The van der Waals surface area contributed by atoms with Crippen molar-refractivity contribution >= 4 is 16.8 Å². The van der Waals surface area contributed by atoms with Gasteiger partial charge in [-0.3, -0.25) is 0 Å². The second kappa shape index (κ2) is 6.51. The van der Waals surface area contributed by atoms with E-state index in [1.54, 1.807) is 0 Å². The molecular weight excluding hydrogens is 388 g/mol. The van der Waals surface area contributed by atoms with Crippen molar-refractivity contribution in [3.05, 3.63) is 81.8 Å². The molecule has 2 aromatic carbocycles. The summed E-state index contributed by atoms with van der Waals surface area (Å²) in [6.45, 7) is 2.71. The van der Waals surface area contributed by atoms with E-state index in [0.717, 1.165) is 26.1 Å². The number of allylic oxidation sites excluding steroid dienone is 4. The van der Waals surface area contributed by atoms with Gasteiger partial charge in [-0.2, -0.15) is 0 Å². The van der Waals surface area contributed by atoms with Crippen LogP contribution in [-0.2, 0) is 31.8 Å². The van der Waals surface area contributed by atoms with Crippen LogP contribution in [0, 0.1) is 0 Å². The fourth-order valence-corrected chi connectivity index (χ4v) is 12.4. The average Bonchev–Trinajstić information content (AvgIpc) is 3.28. The summed E-state index contributed by atoms with van der Waals surface area (Å²) in [5.74, 6) is -0.967. The molecule has 2 aliphatic carbocycles. The predicted molar refractivity (Wildman–Crippen MR) is 106 cm³/mol. The van der Waals surface area contributed by atoms with Crippen LogP contribution in [0.5, 0.6) is 0 Å². The van der Waals surface area contributed by atoms with Crippen LogP contribution in [0.3, 0.4) is 0 Å². The maximum absolute atomic E-state index is 12.3. The van der Waals surface area contributed by atoms with Gasteiger partial charge < -0.3 is 0 Å². The quantitative estimate of drug-likeness (QED) is 0.687. The minimum atomic E-state index is -5.14. The molecule has 5 heteroatoms. The number of fused-ring (bicyclic) bond motifs is 3. The van der Waals surface area contributed by atoms with Crippen LogP contribution in [0.4, 0.5) is 0 Å². The first-order valence-corrected chi connectivity index (χ1v) is 13.4. The Morgan fingerprint density at radius 1 is 0.929 bits per heavy atom. The number of hydrogen-bond acceptors (Lipinski definition) is 4. The molecule has 0 amide bonds. The van der Waals surface area contributed by atoms with E-state index in [0.29, 0.717) is 6.42 Å². The van der Waals surface area contributed by atoms with Gasteiger partial charge in [-0.25, -0.2) is 0 Å². The SMILES string of the molecule is [CH2]=[Ti]([O]C(C)=O)([O]C(C)=O)([C]1=CC=CC1)[CH]1c2ccccc2-c2ccccc21. The molecule has 0 spiro atoms. The molecule has 0 atom stereocenters. The van der Waals surface area contributed by atoms with Gasteiger partial charge in [0.2, 0.25) is 0 Å². The number of rotatable bonds is 4. The molecular formula is C23H22O4Ti. The van der Waals surface area contributed by atoms with Gasteiger partial charge in [0, 0.05) is 0 Å². The van der Waals surface area contributed by atoms with Crippen molar-refractivity contribution in [2.45, 2.75) is 24.5 Å². The van der Waals surface area contributed by atoms with Gasteiger partial charge in [0.15, 0.2) is 0 Å². The molecule has 0 saturated heterocycles. The van der Waals surface area contributed by atoms with Gasteiger partial charge in [0.1, 0.15) is 0 Å². The molecule has 142 valence electrons. The Morgan fingerprint density at radius 3 is 1.86 bits per heavy atom. The molecule has 0 aliphatic heterocycles. The van der Waals surface area contributed by atoms with Crippen LogP contribution in [0.1, 0.15) is 35.6 Å². The Kier molecular flexibility index (Phi) is 4.37. The first kappa shape index (κ1) is 18.8. The standard InChI is InChI=1S/C13H9.C5H5.2C2H4O2.CH2.Ti/c1-3-7-12-10(5-1)9-11-6-2-4-8-13(11)12;1-2-4-5-3-1;2*1-2(3)4;;/h1-9H;1-3H,4H2;2*1H3,(H,3,4);1H2;/q;;;;;+2/p-2. The van der Waals surface area contributed by atoms with E-state index in [2.05, 4.69) is 4.82 Å². The molecule has 0 heterocycles. The summed E-state index contributed by atoms with van der Waals surface area (Å²) in [7, 11) is 0. The summed E-state index contributed by atoms with van der Waals surface area (Å²) < 4.78 is 12.6. The summed E-state index contributed by atoms with van der Waals surface area (Å²) in [6, 6.07) is 16.0. The molecule has 4 nitrogen and oxygen atoms in total. The van der Waals surface area contributed by atoms with Crippen LogP contribution in [0.25, 0.3) is 11.1 Å². The van der Waals surface area contributed by atoms with Gasteiger partial charge in [-0.1, -0.05) is 0 Å². The van der Waals surface area contributed by atoms with Gasteiger partial charge in [-0.15, -0.1) is 0 Å². The molecule has 0 bridgehead atoms. The zero-order valence-electron chi connectivity index (χ0n) is 16.0. The van der Waals surface area contributed by atoms with Crippen molar-refractivity contribution in [3.63, 3.8) is 0 Å². The first-order valence-electron chi connectivity index (χ1n) is 9.32. The van der Waals surface area contributed by atoms with E-state index in [-0.39, 0.29) is 0 Å². The normalized spacial score (nSPS) is 15.6. The third kappa shape index (κ3) is 2.68. The molecule has 0 N–H and O–H groups in total. The summed E-state index contributed by atoms with van der Waals surface area (Å²) >= 11 is -5.14. The van der Waals surface area contributed by atoms with Crippen LogP contribution in [0.15, 0.2) is 70.6 Å². The first-order chi connectivity index (χ1) is 13.3. The summed E-state index contributed by atoms with van der Waals surface area (Å²) in [5.41, 5.74) is 4.11. The molecule has 2 aliphatic rings. The van der Waals surface area contributed by atoms with E-state index in [1.807, 2.05) is 66.8 Å². The summed E-state index contributed by atoms with van der Waals surface area (Å²) in [5, 5.41) is 0. The second-order valence-electron chi connectivity index (χ2n) is 7.46. The molecule has 4 rings (SSSR count). The Hall–Kier alpha value is -2.56. The number of hydrogen-bond donors (Lipinski definition) is 0. The molecule has 2 aromatic rings. The maximum atomic E-state index is 12.3. The van der Waals surface area contributed by atoms with E-state index >= 15 is 0 Å². The second-order valence-corrected chi connectivity index (χ2v) is 14.2. The van der Waals surface area contributed by atoms with E-state index in [1.165, 1.54) is 13.8 Å². The Balaban J connectivity index is 2.09.